The van der Waals surface area contributed by atoms with Crippen LogP contribution in [-0.2, 0) is 11.3 Å². The van der Waals surface area contributed by atoms with Crippen molar-refractivity contribution >= 4 is 12.0 Å². The topological polar surface area (TPSA) is 58.6 Å². The lowest BCUT2D eigenvalue weighted by Gasteiger charge is -2.19. The smallest absolute Gasteiger partial charge is 0.407 e. The Morgan fingerprint density at radius 1 is 1.17 bits per heavy atom. The number of ether oxygens (including phenoxy) is 1. The lowest BCUT2D eigenvalue weighted by Crippen LogP contribution is -2.32. The Kier molecular flexibility index (Phi) is 7.07. The molecule has 0 bridgehead atoms. The van der Waals surface area contributed by atoms with E-state index in [1.807, 2.05) is 40.0 Å². The molecule has 0 saturated carbocycles. The van der Waals surface area contributed by atoms with E-state index in [0.717, 1.165) is 24.9 Å². The predicted molar refractivity (Wildman–Crippen MR) is 91.4 cm³/mol. The van der Waals surface area contributed by atoms with E-state index in [9.17, 15) is 9.59 Å². The van der Waals surface area contributed by atoms with Crippen molar-refractivity contribution < 1.29 is 14.3 Å². The van der Waals surface area contributed by atoms with Gasteiger partial charge in [-0.2, -0.15) is 0 Å². The molecule has 0 fully saturated rings. The number of hydrogen-bond donors (Lipinski definition) is 1. The van der Waals surface area contributed by atoms with Gasteiger partial charge in [0.2, 0.25) is 0 Å². The Morgan fingerprint density at radius 2 is 1.78 bits per heavy atom. The number of nitrogens with zero attached hydrogens (tertiary/aromatic N) is 1. The summed E-state index contributed by atoms with van der Waals surface area (Å²) in [5.41, 5.74) is 1.07. The summed E-state index contributed by atoms with van der Waals surface area (Å²) in [6.45, 7) is 8.70. The first-order chi connectivity index (χ1) is 10.7. The van der Waals surface area contributed by atoms with Crippen LogP contribution in [-0.4, -0.2) is 36.1 Å². The first-order valence-corrected chi connectivity index (χ1v) is 8.04. The summed E-state index contributed by atoms with van der Waals surface area (Å²) in [6, 6.07) is 7.27. The standard InChI is InChI=1S/C18H28N2O3/c1-6-7-12-20(5)16(21)15-10-8-14(9-11-15)13-19-17(22)23-18(2,3)4/h8-11H,6-7,12-13H2,1-5H3,(H,19,22). The Hall–Kier alpha value is -2.04. The third-order valence-corrected chi connectivity index (χ3v) is 3.23. The molecule has 0 aliphatic heterocycles. The second-order valence-corrected chi connectivity index (χ2v) is 6.63. The summed E-state index contributed by atoms with van der Waals surface area (Å²) in [5.74, 6) is 0.0186. The van der Waals surface area contributed by atoms with Crippen molar-refractivity contribution in [2.75, 3.05) is 13.6 Å². The minimum absolute atomic E-state index is 0.0186. The molecule has 0 aromatic heterocycles. The van der Waals surface area contributed by atoms with Gasteiger partial charge in [-0.15, -0.1) is 0 Å². The van der Waals surface area contributed by atoms with E-state index in [1.165, 1.54) is 0 Å². The van der Waals surface area contributed by atoms with Gasteiger partial charge in [-0.3, -0.25) is 4.79 Å². The van der Waals surface area contributed by atoms with Crippen molar-refractivity contribution in [2.24, 2.45) is 0 Å². The van der Waals surface area contributed by atoms with Gasteiger partial charge in [0.1, 0.15) is 5.60 Å². The Bertz CT molecular complexity index is 518. The number of amides is 2. The molecule has 0 atom stereocenters. The van der Waals surface area contributed by atoms with Gasteiger partial charge in [-0.05, 0) is 44.9 Å². The minimum atomic E-state index is -0.510. The molecule has 1 rings (SSSR count). The highest BCUT2D eigenvalue weighted by molar-refractivity contribution is 5.94. The molecule has 0 radical (unpaired) electrons. The fourth-order valence-electron chi connectivity index (χ4n) is 1.97. The lowest BCUT2D eigenvalue weighted by atomic mass is 10.1. The minimum Gasteiger partial charge on any atom is -0.444 e. The van der Waals surface area contributed by atoms with Gasteiger partial charge < -0.3 is 15.0 Å². The monoisotopic (exact) mass is 320 g/mol. The van der Waals surface area contributed by atoms with Crippen LogP contribution in [0.3, 0.4) is 0 Å². The van der Waals surface area contributed by atoms with Crippen LogP contribution in [0.4, 0.5) is 4.79 Å². The molecular formula is C18H28N2O3. The number of carbonyl (C=O) groups excluding carboxylic acids is 2. The first kappa shape index (κ1) is 19.0. The summed E-state index contributed by atoms with van der Waals surface area (Å²) >= 11 is 0. The number of unbranched alkanes of at least 4 members (excludes halogenated alkanes) is 1. The van der Waals surface area contributed by atoms with Crippen molar-refractivity contribution in [1.29, 1.82) is 0 Å². The van der Waals surface area contributed by atoms with Crippen LogP contribution in [0.25, 0.3) is 0 Å². The van der Waals surface area contributed by atoms with Crippen LogP contribution in [0.15, 0.2) is 24.3 Å². The molecular weight excluding hydrogens is 292 g/mol. The Morgan fingerprint density at radius 3 is 2.30 bits per heavy atom. The molecule has 2 amide bonds. The van der Waals surface area contributed by atoms with Gasteiger partial charge in [0, 0.05) is 25.7 Å². The highest BCUT2D eigenvalue weighted by atomic mass is 16.6. The van der Waals surface area contributed by atoms with Crippen LogP contribution < -0.4 is 5.32 Å². The summed E-state index contributed by atoms with van der Waals surface area (Å²) < 4.78 is 5.18. The van der Waals surface area contributed by atoms with Gasteiger partial charge in [0.15, 0.2) is 0 Å². The average Bonchev–Trinajstić information content (AvgIpc) is 2.48. The van der Waals surface area contributed by atoms with Crippen LogP contribution in [0, 0.1) is 0 Å². The van der Waals surface area contributed by atoms with Crippen molar-refractivity contribution in [3.05, 3.63) is 35.4 Å². The van der Waals surface area contributed by atoms with E-state index < -0.39 is 11.7 Å². The zero-order valence-corrected chi connectivity index (χ0v) is 14.8. The largest absolute Gasteiger partial charge is 0.444 e. The van der Waals surface area contributed by atoms with E-state index in [0.29, 0.717) is 12.1 Å². The quantitative estimate of drug-likeness (QED) is 0.871. The molecule has 1 aromatic rings. The van der Waals surface area contributed by atoms with Gasteiger partial charge in [-0.25, -0.2) is 4.79 Å². The molecule has 0 unspecified atom stereocenters. The third kappa shape index (κ3) is 7.17. The fourth-order valence-corrected chi connectivity index (χ4v) is 1.97. The van der Waals surface area contributed by atoms with Crippen LogP contribution in [0.1, 0.15) is 56.5 Å². The van der Waals surface area contributed by atoms with Crippen molar-refractivity contribution in [3.63, 3.8) is 0 Å². The fraction of sp³-hybridized carbons (Fsp3) is 0.556. The number of alkyl carbamates (subject to hydrolysis) is 1. The molecule has 5 heteroatoms. The summed E-state index contributed by atoms with van der Waals surface area (Å²) in [7, 11) is 1.82. The number of carbonyl (C=O) groups is 2. The molecule has 128 valence electrons. The number of benzene rings is 1. The van der Waals surface area contributed by atoms with Gasteiger partial charge >= 0.3 is 6.09 Å². The average molecular weight is 320 g/mol. The summed E-state index contributed by atoms with van der Waals surface area (Å²) in [6.07, 6.45) is 1.62. The third-order valence-electron chi connectivity index (χ3n) is 3.23. The maximum absolute atomic E-state index is 12.2. The molecule has 23 heavy (non-hydrogen) atoms. The van der Waals surface area contributed by atoms with Crippen molar-refractivity contribution in [1.82, 2.24) is 10.2 Å². The van der Waals surface area contributed by atoms with Gasteiger partial charge in [0.25, 0.3) is 5.91 Å². The first-order valence-electron chi connectivity index (χ1n) is 8.04. The van der Waals surface area contributed by atoms with E-state index in [2.05, 4.69) is 12.2 Å². The van der Waals surface area contributed by atoms with E-state index in [-0.39, 0.29) is 5.91 Å². The molecule has 1 N–H and O–H groups in total. The lowest BCUT2D eigenvalue weighted by molar-refractivity contribution is 0.0523. The Labute approximate surface area is 139 Å². The van der Waals surface area contributed by atoms with Crippen LogP contribution >= 0.6 is 0 Å². The second kappa shape index (κ2) is 8.56. The van der Waals surface area contributed by atoms with Crippen molar-refractivity contribution in [3.8, 4) is 0 Å². The molecule has 1 aromatic carbocycles. The van der Waals surface area contributed by atoms with Gasteiger partial charge in [0.05, 0.1) is 0 Å². The zero-order valence-electron chi connectivity index (χ0n) is 14.8. The summed E-state index contributed by atoms with van der Waals surface area (Å²) in [5, 5.41) is 2.70. The van der Waals surface area contributed by atoms with Crippen LogP contribution in [0.2, 0.25) is 0 Å². The van der Waals surface area contributed by atoms with Gasteiger partial charge in [-0.1, -0.05) is 25.5 Å². The molecule has 0 saturated heterocycles. The van der Waals surface area contributed by atoms with Crippen LogP contribution in [0.5, 0.6) is 0 Å². The molecule has 0 spiro atoms. The Balaban J connectivity index is 2.53. The molecule has 0 aliphatic rings. The SMILES string of the molecule is CCCCN(C)C(=O)c1ccc(CNC(=O)OC(C)(C)C)cc1. The van der Waals surface area contributed by atoms with E-state index in [1.54, 1.807) is 17.0 Å². The molecule has 0 aliphatic carbocycles. The number of rotatable bonds is 6. The van der Waals surface area contributed by atoms with E-state index >= 15 is 0 Å². The highest BCUT2D eigenvalue weighted by Crippen LogP contribution is 2.09. The van der Waals surface area contributed by atoms with E-state index in [4.69, 9.17) is 4.74 Å². The summed E-state index contributed by atoms with van der Waals surface area (Å²) in [4.78, 5) is 25.6. The zero-order chi connectivity index (χ0) is 17.5. The van der Waals surface area contributed by atoms with Crippen molar-refractivity contribution in [2.45, 2.75) is 52.7 Å². The molecule has 5 nitrogen and oxygen atoms in total. The second-order valence-electron chi connectivity index (χ2n) is 6.63. The molecule has 0 heterocycles. The predicted octanol–water partition coefficient (Wildman–Crippen LogP) is 3.58. The number of hydrogen-bond acceptors (Lipinski definition) is 3. The maximum atomic E-state index is 12.2. The number of nitrogens with one attached hydrogen (secondary N) is 1. The maximum Gasteiger partial charge on any atom is 0.407 e. The highest BCUT2D eigenvalue weighted by Gasteiger charge is 2.16. The normalized spacial score (nSPS) is 11.0.